The Morgan fingerprint density at radius 3 is 2.57 bits per heavy atom. The summed E-state index contributed by atoms with van der Waals surface area (Å²) in [5.41, 5.74) is 3.99. The third-order valence-electron chi connectivity index (χ3n) is 2.55. The zero-order valence-electron chi connectivity index (χ0n) is 11.2. The van der Waals surface area contributed by atoms with Gasteiger partial charge in [0.1, 0.15) is 0 Å². The van der Waals surface area contributed by atoms with E-state index < -0.39 is 30.9 Å². The number of carbonyl (C=O) groups excluding carboxylic acids is 1. The lowest BCUT2D eigenvalue weighted by Crippen LogP contribution is -2.49. The topological polar surface area (TPSA) is 61.5 Å². The molecule has 2 N–H and O–H groups in total. The van der Waals surface area contributed by atoms with E-state index in [1.54, 1.807) is 19.1 Å². The van der Waals surface area contributed by atoms with Gasteiger partial charge in [0.05, 0.1) is 19.6 Å². The zero-order valence-corrected chi connectivity index (χ0v) is 12.8. The van der Waals surface area contributed by atoms with Crippen molar-refractivity contribution in [2.24, 2.45) is 5.73 Å². The number of alkyl halides is 3. The quantitative estimate of drug-likeness (QED) is 0.618. The van der Waals surface area contributed by atoms with Crippen molar-refractivity contribution in [1.82, 2.24) is 0 Å². The van der Waals surface area contributed by atoms with Gasteiger partial charge in [-0.25, -0.2) is 4.79 Å². The standard InChI is InChI=1S/C13H15BrF3NO3/c1-2-20-11(19)13(18,21-7-6-12(15,16)17)9-4-3-5-10(14)8-9/h3-5,8H,2,6-7,18H2,1H3. The second-order valence-electron chi connectivity index (χ2n) is 4.18. The molecule has 1 aromatic rings. The lowest BCUT2D eigenvalue weighted by Gasteiger charge is -2.28. The van der Waals surface area contributed by atoms with Crippen molar-refractivity contribution in [2.45, 2.75) is 25.2 Å². The number of hydrogen-bond donors (Lipinski definition) is 1. The van der Waals surface area contributed by atoms with Crippen LogP contribution >= 0.6 is 15.9 Å². The molecule has 0 bridgehead atoms. The monoisotopic (exact) mass is 369 g/mol. The van der Waals surface area contributed by atoms with Gasteiger partial charge in [-0.05, 0) is 19.1 Å². The second kappa shape index (κ2) is 7.24. The van der Waals surface area contributed by atoms with Gasteiger partial charge in [0.25, 0.3) is 0 Å². The van der Waals surface area contributed by atoms with Gasteiger partial charge in [0, 0.05) is 10.0 Å². The Bertz CT molecular complexity index is 496. The molecule has 21 heavy (non-hydrogen) atoms. The number of esters is 1. The summed E-state index contributed by atoms with van der Waals surface area (Å²) < 4.78 is 47.0. The Kier molecular flexibility index (Phi) is 6.18. The molecule has 0 aromatic heterocycles. The van der Waals surface area contributed by atoms with Crippen molar-refractivity contribution < 1.29 is 27.4 Å². The van der Waals surface area contributed by atoms with Crippen LogP contribution in [0.25, 0.3) is 0 Å². The number of benzene rings is 1. The minimum Gasteiger partial charge on any atom is -0.463 e. The Hall–Kier alpha value is -1.12. The average molecular weight is 370 g/mol. The van der Waals surface area contributed by atoms with Crippen molar-refractivity contribution in [3.05, 3.63) is 34.3 Å². The van der Waals surface area contributed by atoms with Crippen molar-refractivity contribution in [1.29, 1.82) is 0 Å². The molecule has 0 aliphatic rings. The molecule has 0 spiro atoms. The highest BCUT2D eigenvalue weighted by Crippen LogP contribution is 2.27. The Balaban J connectivity index is 2.97. The fraction of sp³-hybridized carbons (Fsp3) is 0.462. The van der Waals surface area contributed by atoms with Crippen molar-refractivity contribution in [3.8, 4) is 0 Å². The molecule has 0 radical (unpaired) electrons. The highest BCUT2D eigenvalue weighted by molar-refractivity contribution is 9.10. The maximum absolute atomic E-state index is 12.2. The van der Waals surface area contributed by atoms with E-state index in [1.165, 1.54) is 12.1 Å². The molecule has 118 valence electrons. The fourth-order valence-corrected chi connectivity index (χ4v) is 1.94. The molecule has 0 fully saturated rings. The third kappa shape index (κ3) is 5.29. The van der Waals surface area contributed by atoms with Gasteiger partial charge in [0.15, 0.2) is 0 Å². The summed E-state index contributed by atoms with van der Waals surface area (Å²) >= 11 is 3.20. The average Bonchev–Trinajstić information content (AvgIpc) is 2.37. The van der Waals surface area contributed by atoms with Crippen LogP contribution in [0, 0.1) is 0 Å². The summed E-state index contributed by atoms with van der Waals surface area (Å²) in [7, 11) is 0. The summed E-state index contributed by atoms with van der Waals surface area (Å²) in [6, 6.07) is 6.25. The van der Waals surface area contributed by atoms with Crippen LogP contribution in [0.4, 0.5) is 13.2 Å². The van der Waals surface area contributed by atoms with Crippen molar-refractivity contribution >= 4 is 21.9 Å². The summed E-state index contributed by atoms with van der Waals surface area (Å²) in [6.07, 6.45) is -5.60. The van der Waals surface area contributed by atoms with E-state index in [4.69, 9.17) is 15.2 Å². The molecule has 1 aromatic carbocycles. The van der Waals surface area contributed by atoms with Crippen LogP contribution in [0.5, 0.6) is 0 Å². The number of rotatable bonds is 6. The number of ether oxygens (including phenoxy) is 2. The Morgan fingerprint density at radius 2 is 2.05 bits per heavy atom. The molecule has 0 amide bonds. The molecule has 0 saturated heterocycles. The molecule has 0 saturated carbocycles. The van der Waals surface area contributed by atoms with E-state index in [0.717, 1.165) is 0 Å². The molecule has 0 aliphatic heterocycles. The zero-order chi connectivity index (χ0) is 16.1. The van der Waals surface area contributed by atoms with Gasteiger partial charge in [0.2, 0.25) is 5.72 Å². The molecule has 4 nitrogen and oxygen atoms in total. The molecule has 0 aliphatic carbocycles. The van der Waals surface area contributed by atoms with Gasteiger partial charge in [-0.15, -0.1) is 0 Å². The minimum absolute atomic E-state index is 0.0361. The predicted molar refractivity (Wildman–Crippen MR) is 73.3 cm³/mol. The highest BCUT2D eigenvalue weighted by Gasteiger charge is 2.40. The van der Waals surface area contributed by atoms with Gasteiger partial charge in [-0.1, -0.05) is 28.1 Å². The largest absolute Gasteiger partial charge is 0.463 e. The van der Waals surface area contributed by atoms with Crippen LogP contribution in [-0.4, -0.2) is 25.4 Å². The summed E-state index contributed by atoms with van der Waals surface area (Å²) in [4.78, 5) is 12.0. The van der Waals surface area contributed by atoms with E-state index in [-0.39, 0.29) is 12.2 Å². The smallest absolute Gasteiger partial charge is 0.391 e. The van der Waals surface area contributed by atoms with Crippen LogP contribution in [0.3, 0.4) is 0 Å². The summed E-state index contributed by atoms with van der Waals surface area (Å²) in [5.74, 6) is -0.940. The van der Waals surface area contributed by atoms with Gasteiger partial charge >= 0.3 is 12.1 Å². The first-order valence-corrected chi connectivity index (χ1v) is 6.91. The molecular formula is C13H15BrF3NO3. The molecule has 1 unspecified atom stereocenters. The Labute approximate surface area is 128 Å². The van der Waals surface area contributed by atoms with Crippen molar-refractivity contribution in [3.63, 3.8) is 0 Å². The molecule has 0 heterocycles. The predicted octanol–water partition coefficient (Wildman–Crippen LogP) is 3.09. The molecule has 8 heteroatoms. The summed E-state index contributed by atoms with van der Waals surface area (Å²) in [6.45, 7) is 0.856. The van der Waals surface area contributed by atoms with E-state index in [9.17, 15) is 18.0 Å². The lowest BCUT2D eigenvalue weighted by atomic mass is 10.0. The Morgan fingerprint density at radius 1 is 1.38 bits per heavy atom. The maximum atomic E-state index is 12.2. The first-order chi connectivity index (χ1) is 9.69. The van der Waals surface area contributed by atoms with E-state index in [0.29, 0.717) is 4.47 Å². The fourth-order valence-electron chi connectivity index (χ4n) is 1.55. The van der Waals surface area contributed by atoms with Crippen LogP contribution in [0.2, 0.25) is 0 Å². The normalized spacial score (nSPS) is 14.6. The SMILES string of the molecule is CCOC(=O)C(N)(OCCC(F)(F)F)c1cccc(Br)c1. The highest BCUT2D eigenvalue weighted by atomic mass is 79.9. The van der Waals surface area contributed by atoms with Gasteiger partial charge in [-0.2, -0.15) is 13.2 Å². The van der Waals surface area contributed by atoms with Crippen LogP contribution in [0.15, 0.2) is 28.7 Å². The number of hydrogen-bond acceptors (Lipinski definition) is 4. The van der Waals surface area contributed by atoms with Crippen molar-refractivity contribution in [2.75, 3.05) is 13.2 Å². The van der Waals surface area contributed by atoms with E-state index >= 15 is 0 Å². The molecule has 1 atom stereocenters. The maximum Gasteiger partial charge on any atom is 0.391 e. The molecular weight excluding hydrogens is 355 g/mol. The van der Waals surface area contributed by atoms with Crippen LogP contribution in [-0.2, 0) is 20.0 Å². The molecule has 1 rings (SSSR count). The van der Waals surface area contributed by atoms with E-state index in [1.807, 2.05) is 0 Å². The number of halogens is 4. The minimum atomic E-state index is -4.40. The number of nitrogens with two attached hydrogens (primary N) is 1. The summed E-state index contributed by atoms with van der Waals surface area (Å²) in [5, 5.41) is 0. The van der Waals surface area contributed by atoms with Gasteiger partial charge < -0.3 is 9.47 Å². The van der Waals surface area contributed by atoms with Crippen LogP contribution in [0.1, 0.15) is 18.9 Å². The lowest BCUT2D eigenvalue weighted by molar-refractivity contribution is -0.185. The second-order valence-corrected chi connectivity index (χ2v) is 5.10. The number of carbonyl (C=O) groups is 1. The first-order valence-electron chi connectivity index (χ1n) is 6.12. The third-order valence-corrected chi connectivity index (χ3v) is 3.04. The first kappa shape index (κ1) is 17.9. The van der Waals surface area contributed by atoms with Gasteiger partial charge in [-0.3, -0.25) is 5.73 Å². The van der Waals surface area contributed by atoms with Crippen LogP contribution < -0.4 is 5.73 Å². The van der Waals surface area contributed by atoms with E-state index in [2.05, 4.69) is 15.9 Å².